The standard InChI is InChI=1S/C16H21N3O5S2/c1-12-5-3-4-6-14(12)11-26(22,23)19-9-7-13(8-10-19)15-17-18-16(24-15)25(2,20)21/h3-6,13H,7-11H2,1-2H3. The molecule has 1 fully saturated rings. The van der Waals surface area contributed by atoms with Crippen LogP contribution in [0.5, 0.6) is 0 Å². The van der Waals surface area contributed by atoms with Crippen LogP contribution < -0.4 is 0 Å². The van der Waals surface area contributed by atoms with Crippen molar-refractivity contribution in [2.75, 3.05) is 19.3 Å². The third-order valence-electron chi connectivity index (χ3n) is 4.54. The molecular weight excluding hydrogens is 378 g/mol. The number of hydrogen-bond acceptors (Lipinski definition) is 7. The largest absolute Gasteiger partial charge is 0.412 e. The van der Waals surface area contributed by atoms with Crippen molar-refractivity contribution in [2.24, 2.45) is 0 Å². The molecule has 1 aliphatic rings. The zero-order chi connectivity index (χ0) is 18.9. The minimum absolute atomic E-state index is 0.0247. The van der Waals surface area contributed by atoms with E-state index in [9.17, 15) is 16.8 Å². The lowest BCUT2D eigenvalue weighted by molar-refractivity contribution is 0.278. The SMILES string of the molecule is Cc1ccccc1CS(=O)(=O)N1CCC(c2nnc(S(C)(=O)=O)o2)CC1. The first kappa shape index (κ1) is 19.0. The van der Waals surface area contributed by atoms with Crippen LogP contribution in [0.3, 0.4) is 0 Å². The summed E-state index contributed by atoms with van der Waals surface area (Å²) >= 11 is 0. The van der Waals surface area contributed by atoms with E-state index in [2.05, 4.69) is 10.2 Å². The van der Waals surface area contributed by atoms with Gasteiger partial charge in [-0.05, 0) is 30.9 Å². The average molecular weight is 399 g/mol. The van der Waals surface area contributed by atoms with Crippen molar-refractivity contribution in [3.8, 4) is 0 Å². The zero-order valence-corrected chi connectivity index (χ0v) is 16.3. The third kappa shape index (κ3) is 4.13. The highest BCUT2D eigenvalue weighted by molar-refractivity contribution is 7.90. The summed E-state index contributed by atoms with van der Waals surface area (Å²) in [6.45, 7) is 2.58. The monoisotopic (exact) mass is 399 g/mol. The molecule has 0 N–H and O–H groups in total. The molecule has 0 radical (unpaired) electrons. The molecule has 10 heteroatoms. The summed E-state index contributed by atoms with van der Waals surface area (Å²) < 4.78 is 54.9. The quantitative estimate of drug-likeness (QED) is 0.749. The van der Waals surface area contributed by atoms with Crippen LogP contribution >= 0.6 is 0 Å². The highest BCUT2D eigenvalue weighted by Crippen LogP contribution is 2.29. The molecule has 3 rings (SSSR count). The summed E-state index contributed by atoms with van der Waals surface area (Å²) in [5.41, 5.74) is 1.74. The highest BCUT2D eigenvalue weighted by atomic mass is 32.2. The molecule has 0 aliphatic carbocycles. The lowest BCUT2D eigenvalue weighted by Gasteiger charge is -2.29. The van der Waals surface area contributed by atoms with E-state index < -0.39 is 25.1 Å². The summed E-state index contributed by atoms with van der Waals surface area (Å²) in [6.07, 6.45) is 2.03. The number of hydrogen-bond donors (Lipinski definition) is 0. The molecule has 1 aromatic carbocycles. The van der Waals surface area contributed by atoms with E-state index in [0.29, 0.717) is 25.9 Å². The summed E-state index contributed by atoms with van der Waals surface area (Å²) in [4.78, 5) is 0. The van der Waals surface area contributed by atoms with Crippen molar-refractivity contribution in [3.05, 3.63) is 41.3 Å². The first-order valence-corrected chi connectivity index (χ1v) is 11.7. The topological polar surface area (TPSA) is 110 Å². The molecule has 0 saturated carbocycles. The number of aryl methyl sites for hydroxylation is 1. The van der Waals surface area contributed by atoms with E-state index in [-0.39, 0.29) is 17.6 Å². The van der Waals surface area contributed by atoms with Crippen LogP contribution in [0.15, 0.2) is 33.9 Å². The number of benzene rings is 1. The van der Waals surface area contributed by atoms with Crippen LogP contribution in [0.25, 0.3) is 0 Å². The zero-order valence-electron chi connectivity index (χ0n) is 14.6. The second-order valence-corrected chi connectivity index (χ2v) is 10.4. The van der Waals surface area contributed by atoms with Gasteiger partial charge in [0, 0.05) is 25.3 Å². The fourth-order valence-electron chi connectivity index (χ4n) is 2.98. The van der Waals surface area contributed by atoms with Gasteiger partial charge in [0.25, 0.3) is 0 Å². The average Bonchev–Trinajstić information content (AvgIpc) is 3.07. The summed E-state index contributed by atoms with van der Waals surface area (Å²) in [7, 11) is -6.95. The third-order valence-corrected chi connectivity index (χ3v) is 7.16. The number of aromatic nitrogens is 2. The molecule has 0 atom stereocenters. The second-order valence-electron chi connectivity index (χ2n) is 6.53. The normalized spacial score (nSPS) is 17.5. The number of piperidine rings is 1. The van der Waals surface area contributed by atoms with Gasteiger partial charge in [0.05, 0.1) is 5.75 Å². The van der Waals surface area contributed by atoms with E-state index >= 15 is 0 Å². The van der Waals surface area contributed by atoms with Gasteiger partial charge in [-0.3, -0.25) is 0 Å². The molecule has 2 aromatic rings. The molecule has 1 aromatic heterocycles. The smallest absolute Gasteiger partial charge is 0.335 e. The van der Waals surface area contributed by atoms with E-state index in [0.717, 1.165) is 17.4 Å². The number of sulfone groups is 1. The Balaban J connectivity index is 1.66. The molecule has 2 heterocycles. The molecule has 1 aliphatic heterocycles. The second kappa shape index (κ2) is 7.09. The molecule has 142 valence electrons. The number of sulfonamides is 1. The van der Waals surface area contributed by atoms with E-state index in [1.165, 1.54) is 4.31 Å². The Labute approximate surface area is 153 Å². The highest BCUT2D eigenvalue weighted by Gasteiger charge is 2.32. The van der Waals surface area contributed by atoms with Crippen LogP contribution in [0.1, 0.15) is 35.8 Å². The maximum absolute atomic E-state index is 12.7. The lowest BCUT2D eigenvalue weighted by Crippen LogP contribution is -2.38. The van der Waals surface area contributed by atoms with Gasteiger partial charge in [-0.2, -0.15) is 0 Å². The van der Waals surface area contributed by atoms with Crippen LogP contribution in [0, 0.1) is 6.92 Å². The van der Waals surface area contributed by atoms with Crippen LogP contribution in [0.4, 0.5) is 0 Å². The minimum Gasteiger partial charge on any atom is -0.412 e. The Morgan fingerprint density at radius 2 is 1.77 bits per heavy atom. The van der Waals surface area contributed by atoms with Gasteiger partial charge in [0.2, 0.25) is 25.8 Å². The van der Waals surface area contributed by atoms with Crippen LogP contribution in [-0.2, 0) is 25.6 Å². The molecule has 0 unspecified atom stereocenters. The first-order valence-electron chi connectivity index (χ1n) is 8.22. The Hall–Kier alpha value is -1.78. The maximum atomic E-state index is 12.7. The van der Waals surface area contributed by atoms with Crippen molar-refractivity contribution in [1.82, 2.24) is 14.5 Å². The van der Waals surface area contributed by atoms with Crippen molar-refractivity contribution < 1.29 is 21.3 Å². The summed E-state index contributed by atoms with van der Waals surface area (Å²) in [5.74, 6) is 0.0904. The van der Waals surface area contributed by atoms with Crippen LogP contribution in [-0.4, -0.2) is 50.7 Å². The molecule has 0 bridgehead atoms. The van der Waals surface area contributed by atoms with Gasteiger partial charge >= 0.3 is 5.22 Å². The minimum atomic E-state index is -3.54. The van der Waals surface area contributed by atoms with Gasteiger partial charge in [-0.15, -0.1) is 5.10 Å². The predicted octanol–water partition coefficient (Wildman–Crippen LogP) is 1.49. The summed E-state index contributed by atoms with van der Waals surface area (Å²) in [5, 5.41) is 6.97. The van der Waals surface area contributed by atoms with Gasteiger partial charge in [0.15, 0.2) is 0 Å². The Bertz CT molecular complexity index is 990. The van der Waals surface area contributed by atoms with Gasteiger partial charge in [-0.1, -0.05) is 29.4 Å². The molecule has 26 heavy (non-hydrogen) atoms. The fraction of sp³-hybridized carbons (Fsp3) is 0.500. The number of nitrogens with zero attached hydrogens (tertiary/aromatic N) is 3. The van der Waals surface area contributed by atoms with Crippen molar-refractivity contribution in [3.63, 3.8) is 0 Å². The molecule has 1 saturated heterocycles. The molecular formula is C16H21N3O5S2. The summed E-state index contributed by atoms with van der Waals surface area (Å²) in [6, 6.07) is 7.43. The predicted molar refractivity (Wildman–Crippen MR) is 94.8 cm³/mol. The van der Waals surface area contributed by atoms with Gasteiger partial charge < -0.3 is 4.42 Å². The Kier molecular flexibility index (Phi) is 5.18. The van der Waals surface area contributed by atoms with Crippen LogP contribution in [0.2, 0.25) is 0 Å². The Morgan fingerprint density at radius 3 is 2.35 bits per heavy atom. The van der Waals surface area contributed by atoms with Gasteiger partial charge in [0.1, 0.15) is 0 Å². The fourth-order valence-corrected chi connectivity index (χ4v) is 5.07. The van der Waals surface area contributed by atoms with Crippen molar-refractivity contribution in [1.29, 1.82) is 0 Å². The lowest BCUT2D eigenvalue weighted by atomic mass is 9.98. The van der Waals surface area contributed by atoms with Crippen molar-refractivity contribution >= 4 is 19.9 Å². The molecule has 0 spiro atoms. The maximum Gasteiger partial charge on any atom is 0.335 e. The van der Waals surface area contributed by atoms with E-state index in [1.807, 2.05) is 31.2 Å². The van der Waals surface area contributed by atoms with E-state index in [1.54, 1.807) is 0 Å². The van der Waals surface area contributed by atoms with Crippen molar-refractivity contribution in [2.45, 2.75) is 36.7 Å². The number of rotatable bonds is 5. The molecule has 0 amide bonds. The first-order chi connectivity index (χ1) is 12.2. The van der Waals surface area contributed by atoms with E-state index in [4.69, 9.17) is 4.42 Å². The Morgan fingerprint density at radius 1 is 1.12 bits per heavy atom. The van der Waals surface area contributed by atoms with Gasteiger partial charge in [-0.25, -0.2) is 21.1 Å². The molecule has 8 nitrogen and oxygen atoms in total.